The number of sulfone groups is 2. The summed E-state index contributed by atoms with van der Waals surface area (Å²) in [5.41, 5.74) is 11.6. The molecular weight excluding hydrogens is 1090 g/mol. The zero-order valence-electron chi connectivity index (χ0n) is 44.5. The molecule has 0 spiro atoms. The molecule has 0 aliphatic carbocycles. The highest BCUT2D eigenvalue weighted by Crippen LogP contribution is 2.41. The summed E-state index contributed by atoms with van der Waals surface area (Å²) in [6.07, 6.45) is 10.5. The molecule has 0 atom stereocenters. The van der Waals surface area contributed by atoms with Gasteiger partial charge in [-0.25, -0.2) is 16.8 Å². The maximum absolute atomic E-state index is 13.0. The lowest BCUT2D eigenvalue weighted by Gasteiger charge is -2.45. The maximum Gasteiger partial charge on any atom is 0.491 e. The Morgan fingerprint density at radius 1 is 0.711 bits per heavy atom. The first kappa shape index (κ1) is 62.2. The molecule has 0 radical (unpaired) electrons. The van der Waals surface area contributed by atoms with Crippen molar-refractivity contribution in [1.82, 2.24) is 4.90 Å². The summed E-state index contributed by atoms with van der Waals surface area (Å²) in [5.74, 6) is 3.15. The Kier molecular flexibility index (Phi) is 23.1. The smallest absolute Gasteiger partial charge is 0.464 e. The van der Waals surface area contributed by atoms with E-state index in [4.69, 9.17) is 29.0 Å². The van der Waals surface area contributed by atoms with Crippen LogP contribution in [0.5, 0.6) is 0 Å². The quantitative estimate of drug-likeness (QED) is 0.0335. The molecule has 0 amide bonds. The fraction of sp³-hybridized carbons (Fsp3) is 0.400. The first-order valence-electron chi connectivity index (χ1n) is 25.5. The Balaban J connectivity index is 0.000000202. The second-order valence-corrected chi connectivity index (χ2v) is 29.1. The Morgan fingerprint density at radius 2 is 1.21 bits per heavy atom. The minimum Gasteiger partial charge on any atom is -0.464 e. The van der Waals surface area contributed by atoms with Crippen molar-refractivity contribution < 1.29 is 54.9 Å². The molecule has 8 rings (SSSR count). The molecule has 4 aromatic carbocycles. The molecule has 76 heavy (non-hydrogen) atoms. The van der Waals surface area contributed by atoms with E-state index < -0.39 is 42.9 Å². The van der Waals surface area contributed by atoms with Gasteiger partial charge < -0.3 is 43.9 Å². The average Bonchev–Trinajstić information content (AvgIpc) is 4.24. The van der Waals surface area contributed by atoms with Crippen LogP contribution < -0.4 is 16.7 Å². The molecule has 6 aromatic rings. The van der Waals surface area contributed by atoms with Gasteiger partial charge in [0.05, 0.1) is 53.6 Å². The van der Waals surface area contributed by atoms with Crippen molar-refractivity contribution in [3.63, 3.8) is 0 Å². The average molecular weight is 1170 g/mol. The van der Waals surface area contributed by atoms with Gasteiger partial charge in [-0.1, -0.05) is 82.5 Å². The highest BCUT2D eigenvalue weighted by Gasteiger charge is 2.36. The van der Waals surface area contributed by atoms with Gasteiger partial charge in [0, 0.05) is 28.7 Å². The van der Waals surface area contributed by atoms with Crippen molar-refractivity contribution in [1.29, 1.82) is 4.78 Å². The van der Waals surface area contributed by atoms with E-state index in [-0.39, 0.29) is 40.1 Å². The number of ketones is 1. The number of likely N-dealkylation sites (N-methyl/N-ethyl adjacent to an activating group) is 1. The van der Waals surface area contributed by atoms with Crippen LogP contribution in [0.1, 0.15) is 94.0 Å². The molecule has 4 heterocycles. The molecule has 0 fully saturated rings. The van der Waals surface area contributed by atoms with E-state index >= 15 is 0 Å². The van der Waals surface area contributed by atoms with Crippen molar-refractivity contribution in [2.75, 3.05) is 50.2 Å². The van der Waals surface area contributed by atoms with E-state index in [9.17, 15) is 36.5 Å². The number of nitrogen functional groups attached to an aromatic ring is 1. The highest BCUT2D eigenvalue weighted by molar-refractivity contribution is 9.10. The van der Waals surface area contributed by atoms with E-state index in [1.54, 1.807) is 79.1 Å². The number of aliphatic hydroxyl groups is 1. The van der Waals surface area contributed by atoms with E-state index in [0.29, 0.717) is 56.8 Å². The van der Waals surface area contributed by atoms with Crippen molar-refractivity contribution >= 4 is 81.2 Å². The number of rotatable bonds is 21. The summed E-state index contributed by atoms with van der Waals surface area (Å²) in [6.45, 7) is 9.83. The van der Waals surface area contributed by atoms with Crippen molar-refractivity contribution in [2.24, 2.45) is 0 Å². The monoisotopic (exact) mass is 1170 g/mol. The third-order valence-corrected chi connectivity index (χ3v) is 22.4. The van der Waals surface area contributed by atoms with Gasteiger partial charge in [-0.15, -0.1) is 8.96 Å². The van der Waals surface area contributed by atoms with Gasteiger partial charge in [0.25, 0.3) is 0 Å². The number of benzene rings is 4. The number of carbonyl (C=O) groups excluding carboxylic acids is 1. The zero-order valence-corrected chi connectivity index (χ0v) is 48.5. The highest BCUT2D eigenvalue weighted by atomic mass is 79.9. The Bertz CT molecular complexity index is 3110. The number of anilines is 1. The van der Waals surface area contributed by atoms with Gasteiger partial charge in [-0.3, -0.25) is 9.57 Å². The third-order valence-electron chi connectivity index (χ3n) is 12.9. The van der Waals surface area contributed by atoms with Crippen LogP contribution >= 0.6 is 15.9 Å². The van der Waals surface area contributed by atoms with Crippen molar-refractivity contribution in [2.45, 2.75) is 112 Å². The molecular formula is C55H74B2BrN3O12S3. The molecule has 0 bridgehead atoms. The van der Waals surface area contributed by atoms with Crippen LogP contribution in [0.2, 0.25) is 0 Å². The summed E-state index contributed by atoms with van der Waals surface area (Å²) in [5, 5.41) is 28.8. The predicted octanol–water partition coefficient (Wildman–Crippen LogP) is 8.52. The second-order valence-electron chi connectivity index (χ2n) is 19.5. The lowest BCUT2D eigenvalue weighted by atomic mass is 9.79. The number of nitrogens with zero attached hydrogens (tertiary/aromatic N) is 1. The van der Waals surface area contributed by atoms with Crippen LogP contribution in [0.4, 0.5) is 5.69 Å². The number of nitrogens with two attached hydrogens (primary N) is 1. The number of hydrogen-bond donors (Lipinski definition) is 5. The number of carbonyl (C=O) groups is 1. The number of hydrogen-bond acceptors (Lipinski definition) is 15. The third kappa shape index (κ3) is 16.9. The maximum atomic E-state index is 13.0. The first-order chi connectivity index (χ1) is 36.1. The summed E-state index contributed by atoms with van der Waals surface area (Å²) < 4.78 is 82.9. The Morgan fingerprint density at radius 3 is 1.64 bits per heavy atom. The van der Waals surface area contributed by atoms with Crippen LogP contribution in [-0.4, -0.2) is 101 Å². The first-order valence-corrected chi connectivity index (χ1v) is 32.2. The molecule has 2 aliphatic rings. The molecule has 6 N–H and O–H groups in total. The van der Waals surface area contributed by atoms with Crippen LogP contribution in [-0.2, 0) is 73.9 Å². The van der Waals surface area contributed by atoms with Crippen LogP contribution in [0.15, 0.2) is 138 Å². The fourth-order valence-corrected chi connectivity index (χ4v) is 17.8. The standard InChI is InChI=1S/C18H16BNO5S.C17H16BBrO5S.C16H31NOS.C4H11NO/c20-14-5-6-18(15(9-14)17-2-1-7-24-17)26(22,23)11-12-3-4-13-10-25-19(21)16(13)8-12;1-11(20)6-12-3-5-17(16(19)8-12)25(22,23)10-13-2-4-14-9-24-18(21)15(14)7-13;1-4-7-13-19(17,14-8-5-2,15-9-6-3)16-11-10-12-18-16;1-5(2)3-4-6/h1-9,21H,10-11,20H2;2-5,7-8,21H,6,9-10H2,1H3;10-12,17H,4-9,13-15H2,1-3H3;6H,3-4H2,1-2H3. The van der Waals surface area contributed by atoms with E-state index in [2.05, 4.69) is 42.8 Å². The number of fused-ring (bicyclic) bond motifs is 2. The van der Waals surface area contributed by atoms with Gasteiger partial charge in [0.1, 0.15) is 11.5 Å². The normalized spacial score (nSPS) is 13.6. The molecule has 0 saturated heterocycles. The van der Waals surface area contributed by atoms with Crippen LogP contribution in [0.25, 0.3) is 11.3 Å². The predicted molar refractivity (Wildman–Crippen MR) is 309 cm³/mol. The number of unbranched alkanes of at least 4 members (excludes halogenated alkanes) is 3. The fourth-order valence-electron chi connectivity index (χ4n) is 8.79. The molecule has 2 aromatic heterocycles. The van der Waals surface area contributed by atoms with Gasteiger partial charge in [0.15, 0.2) is 24.8 Å². The van der Waals surface area contributed by atoms with Gasteiger partial charge in [-0.05, 0) is 167 Å². The molecule has 15 nitrogen and oxygen atoms in total. The molecule has 2 aliphatic heterocycles. The number of Topliss-reactive ketones (excluding diaryl/α,β-unsaturated/α-hetero) is 1. The topological polar surface area (TPSA) is 244 Å². The molecule has 0 saturated carbocycles. The van der Waals surface area contributed by atoms with E-state index in [1.807, 2.05) is 25.1 Å². The van der Waals surface area contributed by atoms with E-state index in [1.165, 1.54) is 44.6 Å². The summed E-state index contributed by atoms with van der Waals surface area (Å²) in [7, 11) is -7.70. The van der Waals surface area contributed by atoms with Crippen molar-refractivity contribution in [3.05, 3.63) is 142 Å². The summed E-state index contributed by atoms with van der Waals surface area (Å²) in [4.78, 5) is 13.5. The Hall–Kier alpha value is -4.67. The molecule has 412 valence electrons. The SMILES string of the molecule is CC(=O)Cc1ccc(S(=O)(=O)Cc2ccc3c(c2)B(O)OC3)c(Br)c1.CCCCS(=N)(CCCC)(CCCC)c1ccco1.CN(C)CCO.Nc1ccc(S(=O)(=O)Cc2ccc3c(c2)B(O)OC3)c(-c2ccco2)c1. The Labute approximate surface area is 458 Å². The number of halogens is 1. The van der Waals surface area contributed by atoms with Gasteiger partial charge in [-0.2, -0.15) is 0 Å². The lowest BCUT2D eigenvalue weighted by molar-refractivity contribution is -0.116. The summed E-state index contributed by atoms with van der Waals surface area (Å²) in [6, 6.07) is 27.3. The van der Waals surface area contributed by atoms with Gasteiger partial charge >= 0.3 is 14.2 Å². The minimum atomic E-state index is -3.66. The molecule has 21 heteroatoms. The van der Waals surface area contributed by atoms with Crippen LogP contribution in [0, 0.1) is 4.78 Å². The van der Waals surface area contributed by atoms with E-state index in [0.717, 1.165) is 64.8 Å². The minimum absolute atomic E-state index is 0.0152. The van der Waals surface area contributed by atoms with Crippen molar-refractivity contribution in [3.8, 4) is 11.3 Å². The van der Waals surface area contributed by atoms with Gasteiger partial charge in [0.2, 0.25) is 0 Å². The summed E-state index contributed by atoms with van der Waals surface area (Å²) >= 11 is 3.30. The zero-order chi connectivity index (χ0) is 55.7. The van der Waals surface area contributed by atoms with Crippen LogP contribution in [0.3, 0.4) is 0 Å². The number of nitrogens with one attached hydrogen (secondary N) is 1. The largest absolute Gasteiger partial charge is 0.491 e. The second kappa shape index (κ2) is 28.3. The number of furan rings is 2. The number of aliphatic hydroxyl groups excluding tert-OH is 1. The molecule has 0 unspecified atom stereocenters. The lowest BCUT2D eigenvalue weighted by Crippen LogP contribution is -2.42.